The summed E-state index contributed by atoms with van der Waals surface area (Å²) in [5, 5.41) is 0. The zero-order chi connectivity index (χ0) is 10.0. The fourth-order valence-electron chi connectivity index (χ4n) is 2.92. The van der Waals surface area contributed by atoms with Gasteiger partial charge in [-0.2, -0.15) is 0 Å². The molecular formula is C12H23NO. The molecule has 2 fully saturated rings. The van der Waals surface area contributed by atoms with Crippen molar-refractivity contribution >= 4 is 0 Å². The molecule has 0 radical (unpaired) electrons. The summed E-state index contributed by atoms with van der Waals surface area (Å²) in [7, 11) is 0. The quantitative estimate of drug-likeness (QED) is 0.754. The first-order valence-corrected chi connectivity index (χ1v) is 6.15. The van der Waals surface area contributed by atoms with E-state index in [0.29, 0.717) is 6.04 Å². The van der Waals surface area contributed by atoms with E-state index >= 15 is 0 Å². The molecule has 0 aromatic rings. The number of hydrogen-bond donors (Lipinski definition) is 1. The topological polar surface area (TPSA) is 35.2 Å². The molecule has 82 valence electrons. The van der Waals surface area contributed by atoms with E-state index < -0.39 is 0 Å². The minimum absolute atomic E-state index is 0.272. The standard InChI is InChI=1S/C12H23NO/c1-2-4-11(13)10-5-8-14-12(9-10)6-3-7-12/h10-11H,2-9,13H2,1H3. The van der Waals surface area contributed by atoms with Crippen LogP contribution in [0.3, 0.4) is 0 Å². The van der Waals surface area contributed by atoms with Gasteiger partial charge in [0.15, 0.2) is 0 Å². The number of hydrogen-bond acceptors (Lipinski definition) is 2. The Morgan fingerprint density at radius 1 is 1.50 bits per heavy atom. The van der Waals surface area contributed by atoms with Gasteiger partial charge in [-0.1, -0.05) is 13.3 Å². The average Bonchev–Trinajstić information content (AvgIpc) is 2.16. The van der Waals surface area contributed by atoms with Crippen molar-refractivity contribution in [2.75, 3.05) is 6.61 Å². The molecule has 2 atom stereocenters. The normalized spacial score (nSPS) is 32.6. The Hall–Kier alpha value is -0.0800. The highest BCUT2D eigenvalue weighted by molar-refractivity contribution is 4.95. The minimum atomic E-state index is 0.272. The van der Waals surface area contributed by atoms with Crippen LogP contribution in [0, 0.1) is 5.92 Å². The first kappa shape index (κ1) is 10.4. The van der Waals surface area contributed by atoms with Crippen LogP contribution in [-0.4, -0.2) is 18.2 Å². The predicted molar refractivity (Wildman–Crippen MR) is 58.1 cm³/mol. The molecule has 2 N–H and O–H groups in total. The van der Waals surface area contributed by atoms with Crippen LogP contribution in [0.25, 0.3) is 0 Å². The maximum absolute atomic E-state index is 6.20. The van der Waals surface area contributed by atoms with Crippen molar-refractivity contribution in [3.8, 4) is 0 Å². The molecule has 0 aromatic carbocycles. The Labute approximate surface area is 87.2 Å². The molecule has 2 heteroatoms. The van der Waals surface area contributed by atoms with Gasteiger partial charge in [0.2, 0.25) is 0 Å². The van der Waals surface area contributed by atoms with Gasteiger partial charge < -0.3 is 10.5 Å². The first-order chi connectivity index (χ1) is 6.76. The molecule has 1 saturated heterocycles. The third-order valence-corrected chi connectivity index (χ3v) is 4.02. The molecule has 0 aromatic heterocycles. The monoisotopic (exact) mass is 197 g/mol. The van der Waals surface area contributed by atoms with Crippen LogP contribution >= 0.6 is 0 Å². The lowest BCUT2D eigenvalue weighted by atomic mass is 9.70. The first-order valence-electron chi connectivity index (χ1n) is 6.15. The summed E-state index contributed by atoms with van der Waals surface area (Å²) in [6.07, 6.45) is 8.73. The van der Waals surface area contributed by atoms with E-state index in [1.54, 1.807) is 0 Å². The minimum Gasteiger partial charge on any atom is -0.375 e. The summed E-state index contributed by atoms with van der Waals surface area (Å²) >= 11 is 0. The predicted octanol–water partition coefficient (Wildman–Crippen LogP) is 2.46. The average molecular weight is 197 g/mol. The van der Waals surface area contributed by atoms with Crippen LogP contribution in [0.1, 0.15) is 51.9 Å². The molecule has 0 bridgehead atoms. The summed E-state index contributed by atoms with van der Waals surface area (Å²) in [5.74, 6) is 0.726. The van der Waals surface area contributed by atoms with Gasteiger partial charge in [0, 0.05) is 12.6 Å². The van der Waals surface area contributed by atoms with Gasteiger partial charge in [-0.3, -0.25) is 0 Å². The van der Waals surface area contributed by atoms with Crippen molar-refractivity contribution in [1.29, 1.82) is 0 Å². The molecule has 1 aliphatic heterocycles. The van der Waals surface area contributed by atoms with Gasteiger partial charge >= 0.3 is 0 Å². The Balaban J connectivity index is 1.87. The zero-order valence-electron chi connectivity index (χ0n) is 9.30. The maximum Gasteiger partial charge on any atom is 0.0685 e. The molecule has 1 aliphatic carbocycles. The van der Waals surface area contributed by atoms with E-state index in [0.717, 1.165) is 12.5 Å². The lowest BCUT2D eigenvalue weighted by Gasteiger charge is -2.48. The van der Waals surface area contributed by atoms with Gasteiger partial charge in [0.25, 0.3) is 0 Å². The van der Waals surface area contributed by atoms with Gasteiger partial charge in [-0.25, -0.2) is 0 Å². The summed E-state index contributed by atoms with van der Waals surface area (Å²) in [6, 6.07) is 0.418. The van der Waals surface area contributed by atoms with Gasteiger partial charge in [0.05, 0.1) is 5.60 Å². The Bertz CT molecular complexity index is 189. The molecular weight excluding hydrogens is 174 g/mol. The molecule has 2 rings (SSSR count). The zero-order valence-corrected chi connectivity index (χ0v) is 9.30. The molecule has 14 heavy (non-hydrogen) atoms. The highest BCUT2D eigenvalue weighted by Crippen LogP contribution is 2.45. The van der Waals surface area contributed by atoms with Crippen LogP contribution in [0.2, 0.25) is 0 Å². The molecule has 2 aliphatic rings. The molecule has 2 nitrogen and oxygen atoms in total. The van der Waals surface area contributed by atoms with Gasteiger partial charge in [-0.15, -0.1) is 0 Å². The maximum atomic E-state index is 6.20. The van der Waals surface area contributed by atoms with Crippen LogP contribution in [-0.2, 0) is 4.74 Å². The van der Waals surface area contributed by atoms with E-state index in [2.05, 4.69) is 6.92 Å². The van der Waals surface area contributed by atoms with Crippen molar-refractivity contribution in [1.82, 2.24) is 0 Å². The highest BCUT2D eigenvalue weighted by atomic mass is 16.5. The van der Waals surface area contributed by atoms with Crippen molar-refractivity contribution in [3.05, 3.63) is 0 Å². The lowest BCUT2D eigenvalue weighted by Crippen LogP contribution is -2.49. The fourth-order valence-corrected chi connectivity index (χ4v) is 2.92. The van der Waals surface area contributed by atoms with Crippen LogP contribution < -0.4 is 5.73 Å². The van der Waals surface area contributed by atoms with E-state index in [-0.39, 0.29) is 5.60 Å². The van der Waals surface area contributed by atoms with Gasteiger partial charge in [0.1, 0.15) is 0 Å². The summed E-state index contributed by atoms with van der Waals surface area (Å²) in [6.45, 7) is 3.17. The van der Waals surface area contributed by atoms with Crippen LogP contribution in [0.4, 0.5) is 0 Å². The fraction of sp³-hybridized carbons (Fsp3) is 1.00. The largest absolute Gasteiger partial charge is 0.375 e. The second-order valence-electron chi connectivity index (χ2n) is 5.09. The van der Waals surface area contributed by atoms with Crippen molar-refractivity contribution in [2.24, 2.45) is 11.7 Å². The van der Waals surface area contributed by atoms with Crippen LogP contribution in [0.5, 0.6) is 0 Å². The van der Waals surface area contributed by atoms with E-state index in [9.17, 15) is 0 Å². The second kappa shape index (κ2) is 4.19. The molecule has 1 spiro atoms. The molecule has 1 saturated carbocycles. The molecule has 2 unspecified atom stereocenters. The number of rotatable bonds is 3. The van der Waals surface area contributed by atoms with Crippen molar-refractivity contribution < 1.29 is 4.74 Å². The second-order valence-corrected chi connectivity index (χ2v) is 5.09. The highest BCUT2D eigenvalue weighted by Gasteiger charge is 2.43. The van der Waals surface area contributed by atoms with E-state index in [4.69, 9.17) is 10.5 Å². The van der Waals surface area contributed by atoms with E-state index in [1.165, 1.54) is 44.9 Å². The SMILES string of the molecule is CCCC(N)C1CCOC2(CCC2)C1. The van der Waals surface area contributed by atoms with Gasteiger partial charge in [-0.05, 0) is 44.4 Å². The van der Waals surface area contributed by atoms with Crippen LogP contribution in [0.15, 0.2) is 0 Å². The third kappa shape index (κ3) is 1.96. The van der Waals surface area contributed by atoms with Crippen molar-refractivity contribution in [3.63, 3.8) is 0 Å². The summed E-state index contributed by atoms with van der Waals surface area (Å²) in [4.78, 5) is 0. The van der Waals surface area contributed by atoms with E-state index in [1.807, 2.05) is 0 Å². The smallest absolute Gasteiger partial charge is 0.0685 e. The molecule has 0 amide bonds. The Kier molecular flexibility index (Phi) is 3.13. The summed E-state index contributed by atoms with van der Waals surface area (Å²) in [5.41, 5.74) is 6.48. The Morgan fingerprint density at radius 2 is 2.29 bits per heavy atom. The third-order valence-electron chi connectivity index (χ3n) is 4.02. The number of nitrogens with two attached hydrogens (primary N) is 1. The summed E-state index contributed by atoms with van der Waals surface area (Å²) < 4.78 is 5.90. The van der Waals surface area contributed by atoms with Crippen molar-refractivity contribution in [2.45, 2.75) is 63.5 Å². The molecule has 1 heterocycles. The Morgan fingerprint density at radius 3 is 2.86 bits per heavy atom. The number of ether oxygens (including phenoxy) is 1. The lowest BCUT2D eigenvalue weighted by molar-refractivity contribution is -0.146.